The highest BCUT2D eigenvalue weighted by Gasteiger charge is 2.07. The maximum Gasteiger partial charge on any atom is 0.139 e. The summed E-state index contributed by atoms with van der Waals surface area (Å²) < 4.78 is 27.4. The third-order valence-electron chi connectivity index (χ3n) is 3.85. The maximum absolute atomic E-state index is 14.5. The van der Waals surface area contributed by atoms with Gasteiger partial charge in [-0.15, -0.1) is 0 Å². The predicted molar refractivity (Wildman–Crippen MR) is 93.7 cm³/mol. The monoisotopic (exact) mass is 318 g/mol. The van der Waals surface area contributed by atoms with Gasteiger partial charge in [0.25, 0.3) is 0 Å². The fraction of sp³-hybridized carbons (Fsp3) is 0.0909. The van der Waals surface area contributed by atoms with Gasteiger partial charge in [0.2, 0.25) is 0 Å². The van der Waals surface area contributed by atoms with E-state index in [1.165, 1.54) is 18.2 Å². The number of hydrogen-bond donors (Lipinski definition) is 0. The zero-order valence-corrected chi connectivity index (χ0v) is 13.5. The highest BCUT2D eigenvalue weighted by Crippen LogP contribution is 2.25. The molecule has 0 atom stereocenters. The van der Waals surface area contributed by atoms with Gasteiger partial charge >= 0.3 is 0 Å². The van der Waals surface area contributed by atoms with E-state index in [4.69, 9.17) is 0 Å². The molecule has 0 N–H and O–H groups in total. The smallest absolute Gasteiger partial charge is 0.139 e. The molecular weight excluding hydrogens is 302 g/mol. The average Bonchev–Trinajstić information content (AvgIpc) is 2.56. The highest BCUT2D eigenvalue weighted by molar-refractivity contribution is 5.66. The number of halogens is 2. The summed E-state index contributed by atoms with van der Waals surface area (Å²) in [6.45, 7) is 3.86. The van der Waals surface area contributed by atoms with Crippen molar-refractivity contribution in [3.63, 3.8) is 0 Å². The number of rotatable bonds is 1. The van der Waals surface area contributed by atoms with Crippen molar-refractivity contribution in [2.24, 2.45) is 0 Å². The van der Waals surface area contributed by atoms with Gasteiger partial charge < -0.3 is 0 Å². The molecule has 0 saturated carbocycles. The molecule has 2 heteroatoms. The van der Waals surface area contributed by atoms with Crippen LogP contribution in [0.5, 0.6) is 0 Å². The fourth-order valence-electron chi connectivity index (χ4n) is 2.48. The summed E-state index contributed by atoms with van der Waals surface area (Å²) in [6, 6.07) is 17.2. The van der Waals surface area contributed by atoms with Crippen molar-refractivity contribution in [1.82, 2.24) is 0 Å². The molecule has 24 heavy (non-hydrogen) atoms. The third kappa shape index (κ3) is 3.52. The van der Waals surface area contributed by atoms with Crippen LogP contribution in [0.1, 0.15) is 22.3 Å². The first kappa shape index (κ1) is 16.0. The molecule has 0 amide bonds. The average molecular weight is 318 g/mol. The molecule has 0 bridgehead atoms. The van der Waals surface area contributed by atoms with Crippen LogP contribution >= 0.6 is 0 Å². The molecule has 0 fully saturated rings. The fourth-order valence-corrected chi connectivity index (χ4v) is 2.48. The molecule has 3 aromatic carbocycles. The van der Waals surface area contributed by atoms with Crippen LogP contribution in [0.25, 0.3) is 11.1 Å². The highest BCUT2D eigenvalue weighted by atomic mass is 19.1. The molecule has 0 saturated heterocycles. The standard InChI is InChI=1S/C22H16F2/c1-15-3-8-18(9-4-15)19-13-16(2)21(22(24)14-19)12-7-17-5-10-20(23)11-6-17/h3-6,8-11,13-14H,1-2H3. The normalized spacial score (nSPS) is 10.2. The molecular formula is C22H16F2. The minimum Gasteiger partial charge on any atom is -0.207 e. The Morgan fingerprint density at radius 2 is 1.38 bits per heavy atom. The summed E-state index contributed by atoms with van der Waals surface area (Å²) in [4.78, 5) is 0. The minimum atomic E-state index is -0.347. The maximum atomic E-state index is 14.5. The van der Waals surface area contributed by atoms with Crippen LogP contribution in [0, 0.1) is 37.3 Å². The van der Waals surface area contributed by atoms with Gasteiger partial charge in [-0.2, -0.15) is 0 Å². The molecule has 0 heterocycles. The largest absolute Gasteiger partial charge is 0.207 e. The van der Waals surface area contributed by atoms with Crippen molar-refractivity contribution < 1.29 is 8.78 Å². The summed E-state index contributed by atoms with van der Waals surface area (Å²) in [5, 5.41) is 0. The molecule has 0 aromatic heterocycles. The first-order valence-corrected chi connectivity index (χ1v) is 7.68. The van der Waals surface area contributed by atoms with E-state index in [1.54, 1.807) is 12.1 Å². The second-order valence-electron chi connectivity index (χ2n) is 5.77. The van der Waals surface area contributed by atoms with E-state index in [0.29, 0.717) is 11.1 Å². The van der Waals surface area contributed by atoms with Crippen LogP contribution in [-0.2, 0) is 0 Å². The van der Waals surface area contributed by atoms with Crippen LogP contribution in [0.4, 0.5) is 8.78 Å². The van der Waals surface area contributed by atoms with Crippen molar-refractivity contribution in [3.8, 4) is 23.0 Å². The Bertz CT molecular complexity index is 901. The Morgan fingerprint density at radius 3 is 2.00 bits per heavy atom. The molecule has 0 radical (unpaired) electrons. The Hall–Kier alpha value is -2.92. The van der Waals surface area contributed by atoms with Gasteiger partial charge in [-0.3, -0.25) is 0 Å². The van der Waals surface area contributed by atoms with Crippen molar-refractivity contribution in [2.75, 3.05) is 0 Å². The molecule has 0 aliphatic heterocycles. The van der Waals surface area contributed by atoms with Gasteiger partial charge in [0.1, 0.15) is 11.6 Å². The van der Waals surface area contributed by atoms with E-state index in [2.05, 4.69) is 11.8 Å². The summed E-state index contributed by atoms with van der Waals surface area (Å²) >= 11 is 0. The van der Waals surface area contributed by atoms with E-state index < -0.39 is 0 Å². The molecule has 0 spiro atoms. The van der Waals surface area contributed by atoms with Gasteiger partial charge in [-0.05, 0) is 66.9 Å². The van der Waals surface area contributed by atoms with E-state index in [1.807, 2.05) is 44.2 Å². The Balaban J connectivity index is 1.96. The van der Waals surface area contributed by atoms with E-state index in [9.17, 15) is 8.78 Å². The second kappa shape index (κ2) is 6.68. The molecule has 0 aliphatic carbocycles. The van der Waals surface area contributed by atoms with Crippen molar-refractivity contribution in [3.05, 3.63) is 94.6 Å². The van der Waals surface area contributed by atoms with Gasteiger partial charge in [-0.25, -0.2) is 8.78 Å². The molecule has 3 aromatic rings. The molecule has 0 unspecified atom stereocenters. The Morgan fingerprint density at radius 1 is 0.708 bits per heavy atom. The van der Waals surface area contributed by atoms with Gasteiger partial charge in [-0.1, -0.05) is 41.7 Å². The lowest BCUT2D eigenvalue weighted by molar-refractivity contribution is 0.623. The zero-order valence-electron chi connectivity index (χ0n) is 13.5. The first-order valence-electron chi connectivity index (χ1n) is 7.68. The van der Waals surface area contributed by atoms with Crippen LogP contribution in [0.2, 0.25) is 0 Å². The van der Waals surface area contributed by atoms with Gasteiger partial charge in [0, 0.05) is 5.56 Å². The predicted octanol–water partition coefficient (Wildman–Crippen LogP) is 5.65. The van der Waals surface area contributed by atoms with Crippen LogP contribution in [0.15, 0.2) is 60.7 Å². The summed E-state index contributed by atoms with van der Waals surface area (Å²) in [5.41, 5.74) is 4.77. The number of hydrogen-bond acceptors (Lipinski definition) is 0. The van der Waals surface area contributed by atoms with E-state index >= 15 is 0 Å². The molecule has 3 rings (SSSR count). The lowest BCUT2D eigenvalue weighted by Gasteiger charge is -2.07. The topological polar surface area (TPSA) is 0 Å². The van der Waals surface area contributed by atoms with Crippen molar-refractivity contribution in [2.45, 2.75) is 13.8 Å². The van der Waals surface area contributed by atoms with Crippen molar-refractivity contribution >= 4 is 0 Å². The van der Waals surface area contributed by atoms with Gasteiger partial charge in [0.15, 0.2) is 0 Å². The SMILES string of the molecule is Cc1ccc(-c2cc(C)c(C#Cc3ccc(F)cc3)c(F)c2)cc1. The Kier molecular flexibility index (Phi) is 4.44. The third-order valence-corrected chi connectivity index (χ3v) is 3.85. The molecule has 118 valence electrons. The Labute approximate surface area is 140 Å². The van der Waals surface area contributed by atoms with Crippen LogP contribution < -0.4 is 0 Å². The van der Waals surface area contributed by atoms with Crippen LogP contribution in [-0.4, -0.2) is 0 Å². The van der Waals surface area contributed by atoms with Crippen LogP contribution in [0.3, 0.4) is 0 Å². The first-order chi connectivity index (χ1) is 11.5. The quantitative estimate of drug-likeness (QED) is 0.509. The van der Waals surface area contributed by atoms with Crippen molar-refractivity contribution in [1.29, 1.82) is 0 Å². The number of aryl methyl sites for hydroxylation is 2. The van der Waals surface area contributed by atoms with E-state index in [-0.39, 0.29) is 11.6 Å². The second-order valence-corrected chi connectivity index (χ2v) is 5.77. The summed E-state index contributed by atoms with van der Waals surface area (Å²) in [7, 11) is 0. The molecule has 0 aliphatic rings. The summed E-state index contributed by atoms with van der Waals surface area (Å²) in [5.74, 6) is 5.08. The summed E-state index contributed by atoms with van der Waals surface area (Å²) in [6.07, 6.45) is 0. The van der Waals surface area contributed by atoms with Gasteiger partial charge in [0.05, 0.1) is 5.56 Å². The lowest BCUT2D eigenvalue weighted by Crippen LogP contribution is -1.91. The number of benzene rings is 3. The minimum absolute atomic E-state index is 0.314. The zero-order chi connectivity index (χ0) is 17.1. The lowest BCUT2D eigenvalue weighted by atomic mass is 9.98. The molecule has 0 nitrogen and oxygen atoms in total. The van der Waals surface area contributed by atoms with E-state index in [0.717, 1.165) is 22.3 Å².